The molecule has 2 aromatic rings. The molecule has 0 aliphatic heterocycles. The number of nitrogens with one attached hydrogen (secondary N) is 1. The van der Waals surface area contributed by atoms with Crippen molar-refractivity contribution < 1.29 is 23.6 Å². The van der Waals surface area contributed by atoms with Gasteiger partial charge in [0.15, 0.2) is 4.34 Å². The lowest BCUT2D eigenvalue weighted by Crippen LogP contribution is -2.27. The van der Waals surface area contributed by atoms with Crippen LogP contribution in [0.2, 0.25) is 0 Å². The lowest BCUT2D eigenvalue weighted by Gasteiger charge is -2.18. The van der Waals surface area contributed by atoms with Gasteiger partial charge in [-0.25, -0.2) is 4.98 Å². The van der Waals surface area contributed by atoms with E-state index in [1.165, 1.54) is 23.1 Å². The molecule has 0 aliphatic rings. The fraction of sp³-hybridized carbons (Fsp3) is 0.368. The summed E-state index contributed by atoms with van der Waals surface area (Å²) in [4.78, 5) is 39.9. The zero-order chi connectivity index (χ0) is 21.4. The summed E-state index contributed by atoms with van der Waals surface area (Å²) < 4.78 is 9.54. The fourth-order valence-corrected chi connectivity index (χ4v) is 4.89. The highest BCUT2D eigenvalue weighted by atomic mass is 32.2. The number of rotatable bonds is 9. The largest absolute Gasteiger partial charge is 0.466 e. The molecular weight excluding hydrogens is 431 g/mol. The van der Waals surface area contributed by atoms with E-state index in [0.29, 0.717) is 22.3 Å². The van der Waals surface area contributed by atoms with Gasteiger partial charge in [0.05, 0.1) is 34.6 Å². The molecule has 7 nitrogen and oxygen atoms in total. The topological polar surface area (TPSA) is 94.6 Å². The van der Waals surface area contributed by atoms with Crippen molar-refractivity contribution in [2.24, 2.45) is 0 Å². The number of hydrogen-bond donors (Lipinski definition) is 1. The van der Waals surface area contributed by atoms with Crippen LogP contribution in [-0.4, -0.2) is 34.2 Å². The summed E-state index contributed by atoms with van der Waals surface area (Å²) in [5.41, 5.74) is 2.08. The van der Waals surface area contributed by atoms with Crippen molar-refractivity contribution in [3.05, 3.63) is 40.9 Å². The van der Waals surface area contributed by atoms with Crippen LogP contribution in [0.15, 0.2) is 34.0 Å². The number of esters is 1. The van der Waals surface area contributed by atoms with Gasteiger partial charge in [-0.05, 0) is 38.5 Å². The summed E-state index contributed by atoms with van der Waals surface area (Å²) in [5, 5.41) is 4.60. The van der Waals surface area contributed by atoms with Crippen molar-refractivity contribution in [1.29, 1.82) is 0 Å². The minimum absolute atomic E-state index is 0.121. The van der Waals surface area contributed by atoms with Crippen LogP contribution in [0.3, 0.4) is 0 Å². The number of ether oxygens (including phenoxy) is 1. The Morgan fingerprint density at radius 3 is 2.52 bits per heavy atom. The van der Waals surface area contributed by atoms with Gasteiger partial charge in [0.25, 0.3) is 0 Å². The SMILES string of the molecule is CCOC(=O)Cc1ccc(NC(=O)Cc2csc(SC(C)(C)C(=O)OP)n2)cc1. The second-order valence-electron chi connectivity index (χ2n) is 6.53. The molecule has 10 heteroatoms. The first-order chi connectivity index (χ1) is 13.7. The van der Waals surface area contributed by atoms with Crippen molar-refractivity contribution in [1.82, 2.24) is 4.98 Å². The van der Waals surface area contributed by atoms with Gasteiger partial charge in [0.2, 0.25) is 5.91 Å². The van der Waals surface area contributed by atoms with E-state index >= 15 is 0 Å². The predicted octanol–water partition coefficient (Wildman–Crippen LogP) is 3.63. The third kappa shape index (κ3) is 7.42. The van der Waals surface area contributed by atoms with Gasteiger partial charge in [-0.15, -0.1) is 11.3 Å². The van der Waals surface area contributed by atoms with Gasteiger partial charge in [-0.3, -0.25) is 14.4 Å². The molecule has 0 aliphatic carbocycles. The molecule has 0 fully saturated rings. The Labute approximate surface area is 180 Å². The quantitative estimate of drug-likeness (QED) is 0.351. The Kier molecular flexibility index (Phi) is 8.61. The Morgan fingerprint density at radius 1 is 1.21 bits per heavy atom. The first-order valence-corrected chi connectivity index (χ1v) is 11.0. The number of benzene rings is 1. The van der Waals surface area contributed by atoms with Crippen molar-refractivity contribution >= 4 is 56.1 Å². The number of carbonyl (C=O) groups is 3. The Hall–Kier alpha value is -1.96. The number of nitrogens with zero attached hydrogens (tertiary/aromatic N) is 1. The van der Waals surface area contributed by atoms with Crippen LogP contribution in [0.5, 0.6) is 0 Å². The number of anilines is 1. The van der Waals surface area contributed by atoms with Crippen LogP contribution < -0.4 is 5.32 Å². The maximum Gasteiger partial charge on any atom is 0.324 e. The number of thiazole rings is 1. The third-order valence-electron chi connectivity index (χ3n) is 3.70. The maximum atomic E-state index is 12.3. The molecule has 1 heterocycles. The van der Waals surface area contributed by atoms with Crippen LogP contribution in [-0.2, 0) is 36.5 Å². The molecule has 1 unspecified atom stereocenters. The number of aromatic nitrogens is 1. The molecule has 1 aromatic carbocycles. The molecule has 0 radical (unpaired) electrons. The summed E-state index contributed by atoms with van der Waals surface area (Å²) >= 11 is 2.67. The van der Waals surface area contributed by atoms with E-state index in [4.69, 9.17) is 9.26 Å². The molecular formula is C19H23N2O5PS2. The van der Waals surface area contributed by atoms with Crippen LogP contribution in [0, 0.1) is 0 Å². The predicted molar refractivity (Wildman–Crippen MR) is 117 cm³/mol. The number of hydrogen-bond acceptors (Lipinski definition) is 8. The van der Waals surface area contributed by atoms with E-state index in [1.54, 1.807) is 50.4 Å². The molecule has 1 atom stereocenters. The van der Waals surface area contributed by atoms with Gasteiger partial charge in [0, 0.05) is 11.1 Å². The van der Waals surface area contributed by atoms with Crippen molar-refractivity contribution in [3.8, 4) is 0 Å². The highest BCUT2D eigenvalue weighted by Crippen LogP contribution is 2.35. The van der Waals surface area contributed by atoms with E-state index in [9.17, 15) is 14.4 Å². The van der Waals surface area contributed by atoms with Crippen LogP contribution in [0.1, 0.15) is 32.0 Å². The normalized spacial score (nSPS) is 11.0. The molecule has 0 spiro atoms. The summed E-state index contributed by atoms with van der Waals surface area (Å²) in [6, 6.07) is 7.03. The van der Waals surface area contributed by atoms with Gasteiger partial charge >= 0.3 is 11.9 Å². The third-order valence-corrected chi connectivity index (χ3v) is 6.08. The second-order valence-corrected chi connectivity index (χ2v) is 9.49. The molecule has 156 valence electrons. The summed E-state index contributed by atoms with van der Waals surface area (Å²) in [7, 11) is 1.95. The van der Waals surface area contributed by atoms with E-state index in [-0.39, 0.29) is 30.7 Å². The first-order valence-electron chi connectivity index (χ1n) is 8.82. The van der Waals surface area contributed by atoms with Gasteiger partial charge < -0.3 is 14.6 Å². The highest BCUT2D eigenvalue weighted by Gasteiger charge is 2.31. The molecule has 2 rings (SSSR count). The van der Waals surface area contributed by atoms with Crippen molar-refractivity contribution in [2.75, 3.05) is 11.9 Å². The van der Waals surface area contributed by atoms with Crippen molar-refractivity contribution in [3.63, 3.8) is 0 Å². The Bertz CT molecular complexity index is 868. The minimum Gasteiger partial charge on any atom is -0.466 e. The van der Waals surface area contributed by atoms with Gasteiger partial charge in [-0.2, -0.15) is 0 Å². The van der Waals surface area contributed by atoms with Crippen LogP contribution >= 0.6 is 32.6 Å². The Balaban J connectivity index is 1.89. The van der Waals surface area contributed by atoms with E-state index < -0.39 is 4.75 Å². The fourth-order valence-electron chi connectivity index (χ4n) is 2.27. The average Bonchev–Trinajstić information content (AvgIpc) is 3.08. The molecule has 0 bridgehead atoms. The van der Waals surface area contributed by atoms with Crippen LogP contribution in [0.25, 0.3) is 0 Å². The van der Waals surface area contributed by atoms with Gasteiger partial charge in [-0.1, -0.05) is 23.9 Å². The zero-order valence-electron chi connectivity index (χ0n) is 16.4. The summed E-state index contributed by atoms with van der Waals surface area (Å²) in [6.07, 6.45) is 0.318. The van der Waals surface area contributed by atoms with Crippen molar-refractivity contribution in [2.45, 2.75) is 42.7 Å². The molecule has 1 N–H and O–H groups in total. The maximum absolute atomic E-state index is 12.3. The standard InChI is InChI=1S/C19H23N2O5PS2/c1-4-25-16(23)9-12-5-7-13(8-6-12)20-15(22)10-14-11-28-18(21-14)29-19(2,3)17(24)26-27/h5-8,11H,4,9-10,27H2,1-3H3,(H,20,22). The summed E-state index contributed by atoms with van der Waals surface area (Å²) in [6.45, 7) is 5.62. The second kappa shape index (κ2) is 10.7. The summed E-state index contributed by atoms with van der Waals surface area (Å²) in [5.74, 6) is -0.849. The van der Waals surface area contributed by atoms with E-state index in [2.05, 4.69) is 10.3 Å². The number of carbonyl (C=O) groups excluding carboxylic acids is 3. The minimum atomic E-state index is -0.773. The van der Waals surface area contributed by atoms with Gasteiger partial charge in [0.1, 0.15) is 4.75 Å². The van der Waals surface area contributed by atoms with E-state index in [1.807, 2.05) is 9.47 Å². The Morgan fingerprint density at radius 2 is 1.90 bits per heavy atom. The number of thioether (sulfide) groups is 1. The number of amides is 1. The highest BCUT2D eigenvalue weighted by molar-refractivity contribution is 8.03. The zero-order valence-corrected chi connectivity index (χ0v) is 19.2. The average molecular weight is 455 g/mol. The lowest BCUT2D eigenvalue weighted by atomic mass is 10.1. The van der Waals surface area contributed by atoms with E-state index in [0.717, 1.165) is 5.56 Å². The first kappa shape index (κ1) is 23.3. The lowest BCUT2D eigenvalue weighted by molar-refractivity contribution is -0.142. The monoisotopic (exact) mass is 454 g/mol. The molecule has 1 aromatic heterocycles. The molecule has 1 amide bonds. The molecule has 29 heavy (non-hydrogen) atoms. The van der Waals surface area contributed by atoms with Crippen LogP contribution in [0.4, 0.5) is 5.69 Å². The smallest absolute Gasteiger partial charge is 0.324 e. The molecule has 0 saturated heterocycles. The molecule has 0 saturated carbocycles.